The van der Waals surface area contributed by atoms with Crippen LogP contribution in [0.5, 0.6) is 0 Å². The summed E-state index contributed by atoms with van der Waals surface area (Å²) in [5.41, 5.74) is 5.80. The number of carbonyl (C=O) groups is 2. The topological polar surface area (TPSA) is 135 Å². The Hall–Kier alpha value is -2.72. The van der Waals surface area contributed by atoms with E-state index in [2.05, 4.69) is 15.5 Å². The number of sulfone groups is 1. The van der Waals surface area contributed by atoms with Crippen molar-refractivity contribution in [3.8, 4) is 0 Å². The van der Waals surface area contributed by atoms with E-state index in [-0.39, 0.29) is 30.9 Å². The van der Waals surface area contributed by atoms with Gasteiger partial charge in [-0.1, -0.05) is 12.2 Å². The summed E-state index contributed by atoms with van der Waals surface area (Å²) in [6.07, 6.45) is 7.78. The number of anilines is 1. The number of nitrogens with two attached hydrogens (primary N) is 1. The van der Waals surface area contributed by atoms with Gasteiger partial charge in [0.15, 0.2) is 0 Å². The second kappa shape index (κ2) is 6.89. The van der Waals surface area contributed by atoms with Crippen LogP contribution in [0, 0.1) is 6.92 Å². The summed E-state index contributed by atoms with van der Waals surface area (Å²) in [7, 11) is -3.80. The number of amides is 2. The van der Waals surface area contributed by atoms with Gasteiger partial charge in [-0.2, -0.15) is 5.10 Å². The van der Waals surface area contributed by atoms with Crippen molar-refractivity contribution >= 4 is 38.0 Å². The monoisotopic (exact) mass is 392 g/mol. The molecule has 10 heteroatoms. The summed E-state index contributed by atoms with van der Waals surface area (Å²) in [5.74, 6) is -1.36. The lowest BCUT2D eigenvalue weighted by molar-refractivity contribution is 0.100. The number of nitrogens with one attached hydrogen (secondary N) is 2. The fraction of sp³-hybridized carbons (Fsp3) is 0.188. The Kier molecular flexibility index (Phi) is 4.79. The second-order valence-electron chi connectivity index (χ2n) is 5.60. The third-order valence-electron chi connectivity index (χ3n) is 3.84. The van der Waals surface area contributed by atoms with Crippen LogP contribution < -0.4 is 11.1 Å². The predicted molar refractivity (Wildman–Crippen MR) is 97.8 cm³/mol. The number of aromatic amines is 1. The van der Waals surface area contributed by atoms with Crippen molar-refractivity contribution in [1.82, 2.24) is 10.2 Å². The van der Waals surface area contributed by atoms with Crippen molar-refractivity contribution in [3.05, 3.63) is 52.2 Å². The van der Waals surface area contributed by atoms with E-state index >= 15 is 0 Å². The van der Waals surface area contributed by atoms with E-state index in [1.165, 1.54) is 19.2 Å². The van der Waals surface area contributed by atoms with Crippen LogP contribution in [0.1, 0.15) is 39.3 Å². The molecule has 0 spiro atoms. The fourth-order valence-corrected chi connectivity index (χ4v) is 5.83. The molecule has 0 radical (unpaired) electrons. The van der Waals surface area contributed by atoms with E-state index in [4.69, 9.17) is 5.73 Å². The van der Waals surface area contributed by atoms with Crippen molar-refractivity contribution < 1.29 is 18.0 Å². The number of thiophene rings is 1. The summed E-state index contributed by atoms with van der Waals surface area (Å²) in [4.78, 5) is 24.3. The highest BCUT2D eigenvalue weighted by Crippen LogP contribution is 2.39. The van der Waals surface area contributed by atoms with E-state index in [1.54, 1.807) is 18.2 Å². The molecule has 2 heterocycles. The molecule has 0 aromatic carbocycles. The first kappa shape index (κ1) is 18.1. The highest BCUT2D eigenvalue weighted by atomic mass is 32.2. The van der Waals surface area contributed by atoms with Gasteiger partial charge in [0.2, 0.25) is 9.84 Å². The maximum Gasteiger partial charge on any atom is 0.274 e. The third-order valence-corrected chi connectivity index (χ3v) is 7.47. The van der Waals surface area contributed by atoms with Gasteiger partial charge in [-0.3, -0.25) is 14.7 Å². The summed E-state index contributed by atoms with van der Waals surface area (Å²) in [6, 6.07) is 1.45. The van der Waals surface area contributed by atoms with Gasteiger partial charge in [-0.05, 0) is 37.5 Å². The largest absolute Gasteiger partial charge is 0.365 e. The van der Waals surface area contributed by atoms with E-state index in [0.717, 1.165) is 17.8 Å². The smallest absolute Gasteiger partial charge is 0.274 e. The number of rotatable bonds is 5. The van der Waals surface area contributed by atoms with Gasteiger partial charge in [0, 0.05) is 6.20 Å². The predicted octanol–water partition coefficient (Wildman–Crippen LogP) is 2.14. The van der Waals surface area contributed by atoms with Crippen LogP contribution in [0.4, 0.5) is 5.00 Å². The Morgan fingerprint density at radius 1 is 1.35 bits per heavy atom. The molecule has 2 aromatic rings. The molecule has 0 saturated heterocycles. The van der Waals surface area contributed by atoms with Crippen LogP contribution >= 0.6 is 11.3 Å². The van der Waals surface area contributed by atoms with Crippen molar-refractivity contribution in [1.29, 1.82) is 0 Å². The average molecular weight is 392 g/mol. The molecular weight excluding hydrogens is 376 g/mol. The molecule has 0 saturated carbocycles. The van der Waals surface area contributed by atoms with E-state index in [1.807, 2.05) is 0 Å². The molecule has 2 aromatic heterocycles. The zero-order chi connectivity index (χ0) is 18.9. The molecule has 0 aliphatic heterocycles. The van der Waals surface area contributed by atoms with Gasteiger partial charge < -0.3 is 11.1 Å². The summed E-state index contributed by atoms with van der Waals surface area (Å²) < 4.78 is 25.8. The van der Waals surface area contributed by atoms with Crippen LogP contribution in [0.3, 0.4) is 0 Å². The number of allylic oxidation sites excluding steroid dienone is 3. The lowest BCUT2D eigenvalue weighted by Gasteiger charge is -2.07. The highest BCUT2D eigenvalue weighted by Gasteiger charge is 2.30. The van der Waals surface area contributed by atoms with Gasteiger partial charge in [0.25, 0.3) is 11.8 Å². The van der Waals surface area contributed by atoms with Crippen LogP contribution in [0.2, 0.25) is 0 Å². The van der Waals surface area contributed by atoms with Gasteiger partial charge in [0.05, 0.1) is 10.5 Å². The lowest BCUT2D eigenvalue weighted by atomic mass is 10.2. The minimum atomic E-state index is -3.80. The molecule has 136 valence electrons. The fourth-order valence-electron chi connectivity index (χ4n) is 2.58. The third kappa shape index (κ3) is 3.20. The van der Waals surface area contributed by atoms with Gasteiger partial charge in [-0.25, -0.2) is 8.42 Å². The second-order valence-corrected chi connectivity index (χ2v) is 8.76. The first-order valence-electron chi connectivity index (χ1n) is 7.68. The number of primary amides is 1. The molecule has 1 aliphatic carbocycles. The van der Waals surface area contributed by atoms with Crippen LogP contribution in [0.25, 0.3) is 0 Å². The van der Waals surface area contributed by atoms with E-state index < -0.39 is 21.7 Å². The average Bonchev–Trinajstić information content (AvgIpc) is 3.24. The summed E-state index contributed by atoms with van der Waals surface area (Å²) in [6.45, 7) is 1.50. The number of nitrogens with zero attached hydrogens (tertiary/aromatic N) is 1. The molecule has 0 unspecified atom stereocenters. The number of H-pyrrole nitrogens is 1. The Morgan fingerprint density at radius 2 is 2.12 bits per heavy atom. The lowest BCUT2D eigenvalue weighted by Crippen LogP contribution is -2.17. The number of carbonyl (C=O) groups excluding carboxylic acids is 2. The molecule has 3 rings (SSSR count). The molecular formula is C16H16N4O4S2. The first-order chi connectivity index (χ1) is 12.3. The first-order valence-corrected chi connectivity index (χ1v) is 9.98. The van der Waals surface area contributed by atoms with Crippen LogP contribution in [-0.4, -0.2) is 30.4 Å². The van der Waals surface area contributed by atoms with Crippen LogP contribution in [-0.2, 0) is 9.84 Å². The van der Waals surface area contributed by atoms with Gasteiger partial charge in [-0.15, -0.1) is 11.3 Å². The highest BCUT2D eigenvalue weighted by molar-refractivity contribution is 7.97. The minimum Gasteiger partial charge on any atom is -0.365 e. The maximum absolute atomic E-state index is 12.9. The molecule has 26 heavy (non-hydrogen) atoms. The molecule has 4 N–H and O–H groups in total. The van der Waals surface area contributed by atoms with Crippen molar-refractivity contribution in [2.24, 2.45) is 5.73 Å². The normalized spacial score (nSPS) is 14.1. The molecule has 0 fully saturated rings. The van der Waals surface area contributed by atoms with Gasteiger partial charge in [0.1, 0.15) is 14.9 Å². The van der Waals surface area contributed by atoms with Gasteiger partial charge >= 0.3 is 0 Å². The Bertz CT molecular complexity index is 1030. The van der Waals surface area contributed by atoms with E-state index in [0.29, 0.717) is 6.42 Å². The molecule has 1 aliphatic rings. The van der Waals surface area contributed by atoms with Crippen molar-refractivity contribution in [2.75, 3.05) is 5.32 Å². The van der Waals surface area contributed by atoms with E-state index in [9.17, 15) is 18.0 Å². The molecule has 0 bridgehead atoms. The maximum atomic E-state index is 12.9. The number of hydrogen-bond donors (Lipinski definition) is 3. The molecule has 8 nitrogen and oxygen atoms in total. The molecule has 2 amide bonds. The van der Waals surface area contributed by atoms with Crippen molar-refractivity contribution in [2.45, 2.75) is 24.0 Å². The Labute approximate surface area is 153 Å². The Balaban J connectivity index is 2.06. The zero-order valence-electron chi connectivity index (χ0n) is 13.8. The summed E-state index contributed by atoms with van der Waals surface area (Å²) in [5, 5.41) is 8.81. The number of aromatic nitrogens is 2. The minimum absolute atomic E-state index is 0.0102. The SMILES string of the molecule is Cc1c(S(=O)(=O)C2=CCCC=C2)sc(NC(=O)c2ccn[nH]2)c1C(N)=O. The summed E-state index contributed by atoms with van der Waals surface area (Å²) >= 11 is 0.811. The number of hydrogen-bond acceptors (Lipinski definition) is 6. The standard InChI is InChI=1S/C16H16N4O4S2/c1-9-12(13(17)21)15(19-14(22)11-7-8-18-20-11)25-16(9)26(23,24)10-5-3-2-4-6-10/h3,5-8H,2,4H2,1H3,(H2,17,21)(H,18,20)(H,19,22). The quantitative estimate of drug-likeness (QED) is 0.716. The van der Waals surface area contributed by atoms with Crippen molar-refractivity contribution in [3.63, 3.8) is 0 Å². The van der Waals surface area contributed by atoms with Crippen LogP contribution in [0.15, 0.2) is 39.6 Å². The molecule has 0 atom stereocenters. The Morgan fingerprint density at radius 3 is 2.69 bits per heavy atom. The zero-order valence-corrected chi connectivity index (χ0v) is 15.4.